The Bertz CT molecular complexity index is 477. The molecule has 0 aliphatic heterocycles. The Morgan fingerprint density at radius 2 is 2.00 bits per heavy atom. The van der Waals surface area contributed by atoms with Crippen molar-refractivity contribution in [1.29, 1.82) is 0 Å². The van der Waals surface area contributed by atoms with Crippen LogP contribution in [0.5, 0.6) is 0 Å². The van der Waals surface area contributed by atoms with Crippen molar-refractivity contribution in [3.05, 3.63) is 41.6 Å². The molecule has 0 saturated carbocycles. The van der Waals surface area contributed by atoms with Crippen LogP contribution in [-0.4, -0.2) is 4.98 Å². The summed E-state index contributed by atoms with van der Waals surface area (Å²) in [5.41, 5.74) is 3.33. The predicted octanol–water partition coefficient (Wildman–Crippen LogP) is 4.10. The first kappa shape index (κ1) is 10.4. The molecule has 0 aliphatic carbocycles. The zero-order valence-corrected chi connectivity index (χ0v) is 9.75. The van der Waals surface area contributed by atoms with Gasteiger partial charge in [-0.3, -0.25) is 4.98 Å². The van der Waals surface area contributed by atoms with Gasteiger partial charge >= 0.3 is 0 Å². The Kier molecular flexibility index (Phi) is 2.92. The fraction of sp³-hybridized carbons (Fsp3) is 0.308. The Labute approximate surface area is 95.1 Å². The summed E-state index contributed by atoms with van der Waals surface area (Å²) in [7, 11) is 0. The number of nitrogens with zero attached hydrogens (tertiary/aromatic N) is 1. The van der Waals surface area contributed by atoms with Gasteiger partial charge in [0, 0.05) is 17.0 Å². The Balaban J connectivity index is 2.71. The predicted molar refractivity (Wildman–Crippen MR) is 65.4 cm³/mol. The first-order valence-electron chi connectivity index (χ1n) is 5.17. The first-order valence-corrected chi connectivity index (χ1v) is 5.70. The molecule has 0 aliphatic rings. The van der Waals surface area contributed by atoms with E-state index in [2.05, 4.69) is 31.0 Å². The number of alkyl halides is 1. The van der Waals surface area contributed by atoms with Crippen LogP contribution in [0.25, 0.3) is 10.9 Å². The summed E-state index contributed by atoms with van der Waals surface area (Å²) < 4.78 is 0. The summed E-state index contributed by atoms with van der Waals surface area (Å²) in [5, 5.41) is 1.16. The fourth-order valence-electron chi connectivity index (χ4n) is 1.68. The fourth-order valence-corrected chi connectivity index (χ4v) is 1.90. The topological polar surface area (TPSA) is 12.9 Å². The molecular weight excluding hydrogens is 206 g/mol. The van der Waals surface area contributed by atoms with Crippen LogP contribution in [0.4, 0.5) is 0 Å². The molecule has 0 atom stereocenters. The van der Waals surface area contributed by atoms with Crippen molar-refractivity contribution in [1.82, 2.24) is 4.98 Å². The van der Waals surface area contributed by atoms with Gasteiger partial charge in [-0.2, -0.15) is 0 Å². The summed E-state index contributed by atoms with van der Waals surface area (Å²) in [6.45, 7) is 4.30. The molecule has 2 rings (SSSR count). The SMILES string of the molecule is CC(C)c1cc(CCl)c2ccccc2n1. The van der Waals surface area contributed by atoms with Gasteiger partial charge in [-0.05, 0) is 23.6 Å². The summed E-state index contributed by atoms with van der Waals surface area (Å²) >= 11 is 5.95. The van der Waals surface area contributed by atoms with Crippen molar-refractivity contribution in [2.75, 3.05) is 0 Å². The third kappa shape index (κ3) is 1.98. The van der Waals surface area contributed by atoms with Gasteiger partial charge in [-0.1, -0.05) is 32.0 Å². The summed E-state index contributed by atoms with van der Waals surface area (Å²) in [6, 6.07) is 10.3. The second-order valence-corrected chi connectivity index (χ2v) is 4.28. The molecular formula is C13H14ClN. The van der Waals surface area contributed by atoms with Gasteiger partial charge in [0.15, 0.2) is 0 Å². The highest BCUT2D eigenvalue weighted by Crippen LogP contribution is 2.23. The molecule has 0 radical (unpaired) electrons. The van der Waals surface area contributed by atoms with E-state index in [4.69, 9.17) is 11.6 Å². The van der Waals surface area contributed by atoms with Crippen molar-refractivity contribution in [3.8, 4) is 0 Å². The molecule has 0 unspecified atom stereocenters. The minimum atomic E-state index is 0.441. The molecule has 1 nitrogen and oxygen atoms in total. The van der Waals surface area contributed by atoms with Crippen LogP contribution in [-0.2, 0) is 5.88 Å². The smallest absolute Gasteiger partial charge is 0.0708 e. The van der Waals surface area contributed by atoms with Crippen molar-refractivity contribution in [3.63, 3.8) is 0 Å². The van der Waals surface area contributed by atoms with E-state index in [0.717, 1.165) is 16.6 Å². The van der Waals surface area contributed by atoms with Crippen molar-refractivity contribution in [2.24, 2.45) is 0 Å². The van der Waals surface area contributed by atoms with Crippen LogP contribution in [0.3, 0.4) is 0 Å². The highest BCUT2D eigenvalue weighted by atomic mass is 35.5. The van der Waals surface area contributed by atoms with Gasteiger partial charge in [-0.25, -0.2) is 0 Å². The van der Waals surface area contributed by atoms with Crippen LogP contribution in [0.15, 0.2) is 30.3 Å². The van der Waals surface area contributed by atoms with Gasteiger partial charge in [-0.15, -0.1) is 11.6 Å². The van der Waals surface area contributed by atoms with Crippen LogP contribution in [0.2, 0.25) is 0 Å². The molecule has 0 spiro atoms. The lowest BCUT2D eigenvalue weighted by Crippen LogP contribution is -1.96. The van der Waals surface area contributed by atoms with E-state index in [9.17, 15) is 0 Å². The Morgan fingerprint density at radius 3 is 2.67 bits per heavy atom. The average Bonchev–Trinajstić information content (AvgIpc) is 2.27. The number of pyridine rings is 1. The minimum Gasteiger partial charge on any atom is -0.253 e. The maximum atomic E-state index is 5.95. The van der Waals surface area contributed by atoms with Gasteiger partial charge < -0.3 is 0 Å². The standard InChI is InChI=1S/C13H14ClN/c1-9(2)13-7-10(8-14)11-5-3-4-6-12(11)15-13/h3-7,9H,8H2,1-2H3. The normalized spacial score (nSPS) is 11.2. The van der Waals surface area contributed by atoms with Crippen molar-refractivity contribution >= 4 is 22.5 Å². The van der Waals surface area contributed by atoms with Gasteiger partial charge in [0.25, 0.3) is 0 Å². The lowest BCUT2D eigenvalue weighted by molar-refractivity contribution is 0.828. The number of rotatable bonds is 2. The second-order valence-electron chi connectivity index (χ2n) is 4.01. The molecule has 0 fully saturated rings. The number of hydrogen-bond donors (Lipinski definition) is 0. The van der Waals surface area contributed by atoms with Crippen LogP contribution >= 0.6 is 11.6 Å². The molecule has 1 aromatic heterocycles. The number of fused-ring (bicyclic) bond motifs is 1. The van der Waals surface area contributed by atoms with Crippen LogP contribution in [0.1, 0.15) is 31.0 Å². The third-order valence-corrected chi connectivity index (χ3v) is 2.85. The molecule has 0 N–H and O–H groups in total. The van der Waals surface area contributed by atoms with Gasteiger partial charge in [0.05, 0.1) is 5.52 Å². The quantitative estimate of drug-likeness (QED) is 0.694. The van der Waals surface area contributed by atoms with E-state index in [1.54, 1.807) is 0 Å². The molecule has 2 heteroatoms. The second kappa shape index (κ2) is 4.19. The number of benzene rings is 1. The monoisotopic (exact) mass is 219 g/mol. The highest BCUT2D eigenvalue weighted by molar-refractivity contribution is 6.18. The average molecular weight is 220 g/mol. The van der Waals surface area contributed by atoms with E-state index >= 15 is 0 Å². The van der Waals surface area contributed by atoms with Crippen molar-refractivity contribution in [2.45, 2.75) is 25.6 Å². The molecule has 1 heterocycles. The number of halogens is 1. The number of aromatic nitrogens is 1. The molecule has 0 amide bonds. The van der Waals surface area contributed by atoms with Crippen molar-refractivity contribution < 1.29 is 0 Å². The summed E-state index contributed by atoms with van der Waals surface area (Å²) in [5.74, 6) is 0.986. The van der Waals surface area contributed by atoms with Gasteiger partial charge in [0.1, 0.15) is 0 Å². The minimum absolute atomic E-state index is 0.441. The number of hydrogen-bond acceptors (Lipinski definition) is 1. The zero-order chi connectivity index (χ0) is 10.8. The maximum absolute atomic E-state index is 5.95. The van der Waals surface area contributed by atoms with E-state index in [-0.39, 0.29) is 0 Å². The van der Waals surface area contributed by atoms with E-state index < -0.39 is 0 Å². The summed E-state index contributed by atoms with van der Waals surface area (Å²) in [6.07, 6.45) is 0. The molecule has 15 heavy (non-hydrogen) atoms. The van der Waals surface area contributed by atoms with E-state index in [1.165, 1.54) is 5.56 Å². The number of para-hydroxylation sites is 1. The highest BCUT2D eigenvalue weighted by Gasteiger charge is 2.06. The Morgan fingerprint density at radius 1 is 1.27 bits per heavy atom. The largest absolute Gasteiger partial charge is 0.253 e. The lowest BCUT2D eigenvalue weighted by atomic mass is 10.0. The van der Waals surface area contributed by atoms with Crippen LogP contribution in [0, 0.1) is 0 Å². The molecule has 78 valence electrons. The molecule has 0 bridgehead atoms. The van der Waals surface area contributed by atoms with E-state index in [0.29, 0.717) is 11.8 Å². The molecule has 0 saturated heterocycles. The van der Waals surface area contributed by atoms with Crippen LogP contribution < -0.4 is 0 Å². The zero-order valence-electron chi connectivity index (χ0n) is 9.00. The first-order chi connectivity index (χ1) is 7.22. The Hall–Kier alpha value is -1.08. The third-order valence-electron chi connectivity index (χ3n) is 2.56. The molecule has 2 aromatic rings. The van der Waals surface area contributed by atoms with E-state index in [1.807, 2.05) is 18.2 Å². The lowest BCUT2D eigenvalue weighted by Gasteiger charge is -2.09. The summed E-state index contributed by atoms with van der Waals surface area (Å²) in [4.78, 5) is 4.62. The maximum Gasteiger partial charge on any atom is 0.0708 e. The van der Waals surface area contributed by atoms with Gasteiger partial charge in [0.2, 0.25) is 0 Å². The molecule has 1 aromatic carbocycles.